The second-order valence-corrected chi connectivity index (χ2v) is 9.12. The van der Waals surface area contributed by atoms with Gasteiger partial charge in [0.1, 0.15) is 18.2 Å². The number of halogens is 1. The van der Waals surface area contributed by atoms with Gasteiger partial charge in [0, 0.05) is 54.3 Å². The summed E-state index contributed by atoms with van der Waals surface area (Å²) in [5, 5.41) is 9.97. The number of rotatable bonds is 7. The number of methoxy groups -OCH3 is 1. The summed E-state index contributed by atoms with van der Waals surface area (Å²) in [5.41, 5.74) is 4.32. The van der Waals surface area contributed by atoms with Crippen LogP contribution in [0.1, 0.15) is 34.5 Å². The van der Waals surface area contributed by atoms with Gasteiger partial charge in [-0.3, -0.25) is 9.78 Å². The molecule has 2 aliphatic rings. The fraction of sp³-hybridized carbons (Fsp3) is 0.385. The molecule has 1 aromatic carbocycles. The minimum atomic E-state index is -0.314. The van der Waals surface area contributed by atoms with E-state index >= 15 is 0 Å². The number of hydrogen-bond acceptors (Lipinski definition) is 6. The summed E-state index contributed by atoms with van der Waals surface area (Å²) in [6.07, 6.45) is 5.29. The number of amides is 1. The highest BCUT2D eigenvalue weighted by Gasteiger charge is 2.44. The van der Waals surface area contributed by atoms with E-state index in [0.29, 0.717) is 53.7 Å². The lowest BCUT2D eigenvalue weighted by Crippen LogP contribution is -2.54. The molecular formula is C26H30FN5O3. The van der Waals surface area contributed by atoms with Crippen LogP contribution in [0, 0.1) is 12.7 Å². The quantitative estimate of drug-likeness (QED) is 0.386. The summed E-state index contributed by atoms with van der Waals surface area (Å²) in [4.78, 5) is 21.1. The van der Waals surface area contributed by atoms with Crippen LogP contribution in [0.3, 0.4) is 0 Å². The molecule has 1 spiro atoms. The Kier molecular flexibility index (Phi) is 6.44. The maximum Gasteiger partial charge on any atom is 0.255 e. The lowest BCUT2D eigenvalue weighted by Gasteiger charge is -2.40. The highest BCUT2D eigenvalue weighted by molar-refractivity contribution is 6.07. The lowest BCUT2D eigenvalue weighted by molar-refractivity contribution is 0.0916. The van der Waals surface area contributed by atoms with Crippen molar-refractivity contribution in [1.29, 1.82) is 0 Å². The summed E-state index contributed by atoms with van der Waals surface area (Å²) in [6, 6.07) is 6.74. The Morgan fingerprint density at radius 3 is 2.91 bits per heavy atom. The Labute approximate surface area is 203 Å². The number of hydrogen-bond donors (Lipinski definition) is 4. The van der Waals surface area contributed by atoms with E-state index in [1.54, 1.807) is 32.5 Å². The largest absolute Gasteiger partial charge is 0.489 e. The second kappa shape index (κ2) is 9.67. The first-order valence-electron chi connectivity index (χ1n) is 11.9. The van der Waals surface area contributed by atoms with E-state index in [4.69, 9.17) is 9.47 Å². The van der Waals surface area contributed by atoms with Crippen molar-refractivity contribution in [2.75, 3.05) is 45.3 Å². The first-order valence-corrected chi connectivity index (χ1v) is 11.9. The third-order valence-electron chi connectivity index (χ3n) is 6.94. The third kappa shape index (κ3) is 4.26. The standard InChI is InChI=1S/C26H30FN5O3/c1-16-18(27)5-3-6-19(16)31-23-21-24(26(15-30-25(21)33)8-4-9-29-14-26)32-22(23)17-7-10-28-13-20(17)35-12-11-34-2/h3,5-7,10,13,29,31-32H,4,8-9,11-12,14-15H2,1-2H3,(H,30,33)/t26-/m1/s1. The molecule has 0 radical (unpaired) electrons. The van der Waals surface area contributed by atoms with Gasteiger partial charge in [0.05, 0.1) is 29.7 Å². The SMILES string of the molecule is COCCOc1cnccc1-c1[nH]c2c(c1Nc1cccc(F)c1C)C(=O)NC[C@]21CCCNC1. The summed E-state index contributed by atoms with van der Waals surface area (Å²) in [6.45, 7) is 4.77. The van der Waals surface area contributed by atoms with E-state index < -0.39 is 0 Å². The monoisotopic (exact) mass is 479 g/mol. The number of fused-ring (bicyclic) bond motifs is 2. The van der Waals surface area contributed by atoms with Crippen LogP contribution in [0.4, 0.5) is 15.8 Å². The smallest absolute Gasteiger partial charge is 0.255 e. The fourth-order valence-corrected chi connectivity index (χ4v) is 5.02. The Morgan fingerprint density at radius 2 is 2.11 bits per heavy atom. The number of benzene rings is 1. The normalized spacial score (nSPS) is 19.3. The third-order valence-corrected chi connectivity index (χ3v) is 6.94. The topological polar surface area (TPSA) is 100 Å². The zero-order valence-corrected chi connectivity index (χ0v) is 20.0. The summed E-state index contributed by atoms with van der Waals surface area (Å²) in [7, 11) is 1.62. The molecule has 1 amide bonds. The molecule has 2 aliphatic heterocycles. The Balaban J connectivity index is 1.69. The second-order valence-electron chi connectivity index (χ2n) is 9.12. The molecule has 184 valence electrons. The van der Waals surface area contributed by atoms with Gasteiger partial charge in [0.15, 0.2) is 0 Å². The number of ether oxygens (including phenoxy) is 2. The van der Waals surface area contributed by atoms with Crippen molar-refractivity contribution in [2.45, 2.75) is 25.2 Å². The number of pyridine rings is 1. The molecule has 0 bridgehead atoms. The first-order chi connectivity index (χ1) is 17.0. The van der Waals surface area contributed by atoms with Gasteiger partial charge in [0.25, 0.3) is 5.91 Å². The fourth-order valence-electron chi connectivity index (χ4n) is 5.02. The van der Waals surface area contributed by atoms with E-state index in [2.05, 4.69) is 25.9 Å². The number of piperidine rings is 1. The summed E-state index contributed by atoms with van der Waals surface area (Å²) >= 11 is 0. The average molecular weight is 480 g/mol. The van der Waals surface area contributed by atoms with Gasteiger partial charge in [-0.05, 0) is 44.5 Å². The Bertz CT molecular complexity index is 1240. The molecule has 1 atom stereocenters. The van der Waals surface area contributed by atoms with Gasteiger partial charge in [0.2, 0.25) is 0 Å². The van der Waals surface area contributed by atoms with E-state index in [1.807, 2.05) is 12.1 Å². The summed E-state index contributed by atoms with van der Waals surface area (Å²) < 4.78 is 25.5. The highest BCUT2D eigenvalue weighted by atomic mass is 19.1. The molecule has 0 aliphatic carbocycles. The van der Waals surface area contributed by atoms with Crippen LogP contribution >= 0.6 is 0 Å². The first kappa shape index (κ1) is 23.3. The van der Waals surface area contributed by atoms with Crippen LogP contribution in [0.5, 0.6) is 5.75 Å². The number of carbonyl (C=O) groups is 1. The predicted molar refractivity (Wildman–Crippen MR) is 132 cm³/mol. The number of aromatic nitrogens is 2. The molecule has 8 nitrogen and oxygen atoms in total. The van der Waals surface area contributed by atoms with Crippen LogP contribution in [0.2, 0.25) is 0 Å². The van der Waals surface area contributed by atoms with Gasteiger partial charge < -0.3 is 30.4 Å². The van der Waals surface area contributed by atoms with Crippen LogP contribution in [-0.4, -0.2) is 55.8 Å². The molecule has 5 rings (SSSR count). The molecule has 2 aromatic heterocycles. The number of anilines is 2. The zero-order chi connectivity index (χ0) is 24.4. The highest BCUT2D eigenvalue weighted by Crippen LogP contribution is 2.45. The summed E-state index contributed by atoms with van der Waals surface area (Å²) in [5.74, 6) is 0.0930. The van der Waals surface area contributed by atoms with Gasteiger partial charge in [-0.15, -0.1) is 0 Å². The molecule has 9 heteroatoms. The zero-order valence-electron chi connectivity index (χ0n) is 20.0. The Morgan fingerprint density at radius 1 is 1.23 bits per heavy atom. The number of nitrogens with one attached hydrogen (secondary N) is 4. The van der Waals surface area contributed by atoms with E-state index in [9.17, 15) is 9.18 Å². The maximum absolute atomic E-state index is 14.4. The number of nitrogens with zero attached hydrogens (tertiary/aromatic N) is 1. The molecule has 1 fully saturated rings. The van der Waals surface area contributed by atoms with Crippen LogP contribution in [0.25, 0.3) is 11.3 Å². The molecule has 35 heavy (non-hydrogen) atoms. The van der Waals surface area contributed by atoms with Crippen molar-refractivity contribution in [1.82, 2.24) is 20.6 Å². The van der Waals surface area contributed by atoms with Crippen LogP contribution in [-0.2, 0) is 10.2 Å². The Hall–Kier alpha value is -3.43. The van der Waals surface area contributed by atoms with E-state index in [-0.39, 0.29) is 17.1 Å². The van der Waals surface area contributed by atoms with Crippen molar-refractivity contribution in [2.24, 2.45) is 0 Å². The minimum Gasteiger partial charge on any atom is -0.489 e. The van der Waals surface area contributed by atoms with Gasteiger partial charge >= 0.3 is 0 Å². The van der Waals surface area contributed by atoms with E-state index in [0.717, 1.165) is 37.2 Å². The minimum absolute atomic E-state index is 0.161. The number of carbonyl (C=O) groups excluding carboxylic acids is 1. The molecule has 0 saturated carbocycles. The van der Waals surface area contributed by atoms with E-state index in [1.165, 1.54) is 6.07 Å². The van der Waals surface area contributed by atoms with Crippen molar-refractivity contribution in [3.63, 3.8) is 0 Å². The molecular weight excluding hydrogens is 449 g/mol. The molecule has 3 aromatic rings. The maximum atomic E-state index is 14.4. The number of H-pyrrole nitrogens is 1. The molecule has 0 unspecified atom stereocenters. The van der Waals surface area contributed by atoms with Crippen LogP contribution < -0.4 is 20.7 Å². The average Bonchev–Trinajstić information content (AvgIpc) is 3.26. The van der Waals surface area contributed by atoms with Gasteiger partial charge in [-0.1, -0.05) is 6.07 Å². The lowest BCUT2D eigenvalue weighted by atomic mass is 9.74. The number of aromatic amines is 1. The molecule has 4 N–H and O–H groups in total. The van der Waals surface area contributed by atoms with Gasteiger partial charge in [-0.2, -0.15) is 0 Å². The van der Waals surface area contributed by atoms with Crippen molar-refractivity contribution in [3.8, 4) is 17.0 Å². The molecule has 1 saturated heterocycles. The van der Waals surface area contributed by atoms with Crippen molar-refractivity contribution < 1.29 is 18.7 Å². The predicted octanol–water partition coefficient (Wildman–Crippen LogP) is 3.66. The molecule has 4 heterocycles. The van der Waals surface area contributed by atoms with Crippen molar-refractivity contribution >= 4 is 17.3 Å². The van der Waals surface area contributed by atoms with Gasteiger partial charge in [-0.25, -0.2) is 4.39 Å². The van der Waals surface area contributed by atoms with Crippen molar-refractivity contribution in [3.05, 3.63) is 59.3 Å². The van der Waals surface area contributed by atoms with Crippen LogP contribution in [0.15, 0.2) is 36.7 Å².